The number of aromatic carboxylic acids is 1. The molecule has 0 aliphatic heterocycles. The van der Waals surface area contributed by atoms with Crippen LogP contribution >= 0.6 is 0 Å². The van der Waals surface area contributed by atoms with Gasteiger partial charge in [0.15, 0.2) is 0 Å². The van der Waals surface area contributed by atoms with E-state index in [1.54, 1.807) is 24.3 Å². The number of rotatable bonds is 7. The molecule has 5 nitrogen and oxygen atoms in total. The third-order valence-electron chi connectivity index (χ3n) is 3.74. The second-order valence-corrected chi connectivity index (χ2v) is 5.51. The van der Waals surface area contributed by atoms with Crippen molar-refractivity contribution in [2.45, 2.75) is 6.61 Å². The fourth-order valence-corrected chi connectivity index (χ4v) is 2.53. The molecule has 0 saturated carbocycles. The van der Waals surface area contributed by atoms with E-state index in [1.807, 2.05) is 36.4 Å². The largest absolute Gasteiger partial charge is 0.491 e. The maximum absolute atomic E-state index is 11.6. The highest BCUT2D eigenvalue weighted by atomic mass is 16.5. The van der Waals surface area contributed by atoms with Crippen LogP contribution in [0.1, 0.15) is 15.9 Å². The number of carboxylic acid groups (broad SMARTS) is 1. The first kappa shape index (κ1) is 16.8. The minimum atomic E-state index is -1.05. The monoisotopic (exact) mass is 338 g/mol. The van der Waals surface area contributed by atoms with Crippen molar-refractivity contribution in [1.82, 2.24) is 0 Å². The molecule has 3 aromatic rings. The van der Waals surface area contributed by atoms with Crippen LogP contribution in [0.15, 0.2) is 60.7 Å². The van der Waals surface area contributed by atoms with E-state index in [9.17, 15) is 9.90 Å². The van der Waals surface area contributed by atoms with Crippen molar-refractivity contribution in [1.29, 1.82) is 0 Å². The van der Waals surface area contributed by atoms with Crippen LogP contribution in [0.4, 0.5) is 0 Å². The summed E-state index contributed by atoms with van der Waals surface area (Å²) in [5, 5.41) is 19.9. The molecule has 3 aromatic carbocycles. The maximum Gasteiger partial charge on any atom is 0.339 e. The first-order valence-electron chi connectivity index (χ1n) is 7.89. The number of ether oxygens (including phenoxy) is 2. The van der Waals surface area contributed by atoms with Gasteiger partial charge in [0.2, 0.25) is 0 Å². The molecule has 0 amide bonds. The van der Waals surface area contributed by atoms with Gasteiger partial charge in [0.25, 0.3) is 0 Å². The van der Waals surface area contributed by atoms with E-state index < -0.39 is 5.97 Å². The van der Waals surface area contributed by atoms with Gasteiger partial charge in [-0.2, -0.15) is 0 Å². The summed E-state index contributed by atoms with van der Waals surface area (Å²) >= 11 is 0. The van der Waals surface area contributed by atoms with Gasteiger partial charge >= 0.3 is 5.97 Å². The van der Waals surface area contributed by atoms with Gasteiger partial charge in [0.05, 0.1) is 6.61 Å². The van der Waals surface area contributed by atoms with Crippen LogP contribution < -0.4 is 9.47 Å². The van der Waals surface area contributed by atoms with E-state index in [0.29, 0.717) is 18.1 Å². The highest BCUT2D eigenvalue weighted by Crippen LogP contribution is 2.29. The van der Waals surface area contributed by atoms with Gasteiger partial charge in [0.1, 0.15) is 30.3 Å². The minimum absolute atomic E-state index is 0.0787. The number of carbonyl (C=O) groups is 1. The average Bonchev–Trinajstić information content (AvgIpc) is 2.64. The lowest BCUT2D eigenvalue weighted by Gasteiger charge is -2.12. The average molecular weight is 338 g/mol. The van der Waals surface area contributed by atoms with Gasteiger partial charge < -0.3 is 19.7 Å². The van der Waals surface area contributed by atoms with Crippen molar-refractivity contribution in [2.24, 2.45) is 0 Å². The van der Waals surface area contributed by atoms with Crippen LogP contribution in [0.2, 0.25) is 0 Å². The van der Waals surface area contributed by atoms with Crippen LogP contribution in [0.3, 0.4) is 0 Å². The molecule has 0 unspecified atom stereocenters. The first-order chi connectivity index (χ1) is 12.2. The molecule has 0 spiro atoms. The maximum atomic E-state index is 11.6. The Morgan fingerprint density at radius 3 is 2.44 bits per heavy atom. The minimum Gasteiger partial charge on any atom is -0.491 e. The van der Waals surface area contributed by atoms with E-state index >= 15 is 0 Å². The molecular formula is C20H18O5. The zero-order valence-electron chi connectivity index (χ0n) is 13.5. The number of carboxylic acids is 1. The van der Waals surface area contributed by atoms with Crippen molar-refractivity contribution in [2.75, 3.05) is 13.2 Å². The molecule has 2 N–H and O–H groups in total. The summed E-state index contributed by atoms with van der Waals surface area (Å²) in [5.41, 5.74) is 1.06. The molecule has 3 rings (SSSR count). The van der Waals surface area contributed by atoms with E-state index in [4.69, 9.17) is 14.6 Å². The Hall–Kier alpha value is -3.05. The van der Waals surface area contributed by atoms with Crippen molar-refractivity contribution in [3.8, 4) is 11.5 Å². The summed E-state index contributed by atoms with van der Waals surface area (Å²) in [6.45, 7) is 0.407. The summed E-state index contributed by atoms with van der Waals surface area (Å²) in [7, 11) is 0. The van der Waals surface area contributed by atoms with E-state index in [0.717, 1.165) is 16.3 Å². The second kappa shape index (κ2) is 7.68. The Morgan fingerprint density at radius 2 is 1.72 bits per heavy atom. The molecule has 0 bridgehead atoms. The van der Waals surface area contributed by atoms with Gasteiger partial charge in [0, 0.05) is 0 Å². The fraction of sp³-hybridized carbons (Fsp3) is 0.150. The SMILES string of the molecule is O=C(O)c1cc2cc(OCCO)ccc2cc1OCc1ccccc1. The summed E-state index contributed by atoms with van der Waals surface area (Å²) in [6, 6.07) is 18.2. The Balaban J connectivity index is 1.91. The van der Waals surface area contributed by atoms with Gasteiger partial charge in [-0.25, -0.2) is 4.79 Å². The molecular weight excluding hydrogens is 320 g/mol. The van der Waals surface area contributed by atoms with E-state index in [1.165, 1.54) is 0 Å². The molecule has 0 radical (unpaired) electrons. The van der Waals surface area contributed by atoms with Crippen molar-refractivity contribution >= 4 is 16.7 Å². The first-order valence-corrected chi connectivity index (χ1v) is 7.89. The van der Waals surface area contributed by atoms with E-state index in [2.05, 4.69) is 0 Å². The van der Waals surface area contributed by atoms with Crippen molar-refractivity contribution in [3.05, 3.63) is 71.8 Å². The number of hydrogen-bond donors (Lipinski definition) is 2. The molecule has 5 heteroatoms. The van der Waals surface area contributed by atoms with Crippen LogP contribution in [0.25, 0.3) is 10.8 Å². The lowest BCUT2D eigenvalue weighted by molar-refractivity contribution is 0.0692. The summed E-state index contributed by atoms with van der Waals surface area (Å²) in [6.07, 6.45) is 0. The number of aliphatic hydroxyl groups is 1. The van der Waals surface area contributed by atoms with Crippen molar-refractivity contribution in [3.63, 3.8) is 0 Å². The Bertz CT molecular complexity index is 874. The molecule has 0 aliphatic carbocycles. The molecule has 0 aliphatic rings. The van der Waals surface area contributed by atoms with Gasteiger partial charge in [-0.15, -0.1) is 0 Å². The summed E-state index contributed by atoms with van der Waals surface area (Å²) in [4.78, 5) is 11.6. The zero-order valence-corrected chi connectivity index (χ0v) is 13.5. The molecule has 0 heterocycles. The van der Waals surface area contributed by atoms with Gasteiger partial charge in [-0.05, 0) is 40.6 Å². The third kappa shape index (κ3) is 4.08. The highest BCUT2D eigenvalue weighted by Gasteiger charge is 2.14. The molecule has 25 heavy (non-hydrogen) atoms. The predicted octanol–water partition coefficient (Wildman–Crippen LogP) is 3.49. The van der Waals surface area contributed by atoms with E-state index in [-0.39, 0.29) is 18.8 Å². The Kier molecular flexibility index (Phi) is 5.16. The highest BCUT2D eigenvalue weighted by molar-refractivity contribution is 5.98. The topological polar surface area (TPSA) is 76.0 Å². The number of aliphatic hydroxyl groups excluding tert-OH is 1. The molecule has 0 aromatic heterocycles. The lowest BCUT2D eigenvalue weighted by Crippen LogP contribution is -2.04. The molecule has 128 valence electrons. The molecule has 0 fully saturated rings. The predicted molar refractivity (Wildman–Crippen MR) is 94.3 cm³/mol. The number of benzene rings is 3. The third-order valence-corrected chi connectivity index (χ3v) is 3.74. The number of hydrogen-bond acceptors (Lipinski definition) is 4. The zero-order chi connectivity index (χ0) is 17.6. The molecule has 0 saturated heterocycles. The fourth-order valence-electron chi connectivity index (χ4n) is 2.53. The van der Waals surface area contributed by atoms with Gasteiger partial charge in [-0.1, -0.05) is 36.4 Å². The Labute approximate surface area is 145 Å². The smallest absolute Gasteiger partial charge is 0.339 e. The lowest BCUT2D eigenvalue weighted by atomic mass is 10.1. The number of fused-ring (bicyclic) bond motifs is 1. The summed E-state index contributed by atoms with van der Waals surface area (Å²) < 4.78 is 11.1. The van der Waals surface area contributed by atoms with Crippen molar-refractivity contribution < 1.29 is 24.5 Å². The van der Waals surface area contributed by atoms with Crippen LogP contribution in [-0.4, -0.2) is 29.4 Å². The standard InChI is InChI=1S/C20H18O5/c21-8-9-24-17-7-6-15-12-19(18(20(22)23)11-16(15)10-17)25-13-14-4-2-1-3-5-14/h1-7,10-12,21H,8-9,13H2,(H,22,23). The molecule has 0 atom stereocenters. The normalized spacial score (nSPS) is 10.6. The quantitative estimate of drug-likeness (QED) is 0.690. The van der Waals surface area contributed by atoms with Gasteiger partial charge in [-0.3, -0.25) is 0 Å². The van der Waals surface area contributed by atoms with Crippen LogP contribution in [-0.2, 0) is 6.61 Å². The van der Waals surface area contributed by atoms with Crippen LogP contribution in [0, 0.1) is 0 Å². The van der Waals surface area contributed by atoms with Crippen LogP contribution in [0.5, 0.6) is 11.5 Å². The summed E-state index contributed by atoms with van der Waals surface area (Å²) in [5.74, 6) is -0.143. The Morgan fingerprint density at radius 1 is 0.920 bits per heavy atom. The second-order valence-electron chi connectivity index (χ2n) is 5.51.